The van der Waals surface area contributed by atoms with Gasteiger partial charge in [-0.1, -0.05) is 6.92 Å². The van der Waals surface area contributed by atoms with Crippen LogP contribution in [0.25, 0.3) is 0 Å². The molecule has 1 aliphatic rings. The maximum absolute atomic E-state index is 13.4. The number of benzene rings is 2. The minimum absolute atomic E-state index is 0.00273. The highest BCUT2D eigenvalue weighted by atomic mass is 32.2. The Balaban J connectivity index is 1.96. The second-order valence-electron chi connectivity index (χ2n) is 7.92. The van der Waals surface area contributed by atoms with E-state index < -0.39 is 37.8 Å². The van der Waals surface area contributed by atoms with Gasteiger partial charge in [0.25, 0.3) is 0 Å². The van der Waals surface area contributed by atoms with Gasteiger partial charge in [0.1, 0.15) is 17.6 Å². The van der Waals surface area contributed by atoms with E-state index in [9.17, 15) is 26.0 Å². The quantitative estimate of drug-likeness (QED) is 0.552. The van der Waals surface area contributed by atoms with E-state index >= 15 is 0 Å². The Morgan fingerprint density at radius 3 is 2.26 bits per heavy atom. The molecule has 1 aliphatic heterocycles. The number of halogens is 1. The van der Waals surface area contributed by atoms with E-state index in [2.05, 4.69) is 5.32 Å². The maximum atomic E-state index is 13.4. The molecule has 2 aromatic rings. The number of anilines is 2. The van der Waals surface area contributed by atoms with Gasteiger partial charge in [-0.25, -0.2) is 21.2 Å². The smallest absolute Gasteiger partial charge is 0.248 e. The first-order chi connectivity index (χ1) is 16.0. The predicted octanol–water partition coefficient (Wildman–Crippen LogP) is 2.80. The van der Waals surface area contributed by atoms with Crippen LogP contribution in [0, 0.1) is 5.82 Å². The highest BCUT2D eigenvalue weighted by molar-refractivity contribution is 7.92. The van der Waals surface area contributed by atoms with E-state index in [1.807, 2.05) is 0 Å². The summed E-state index contributed by atoms with van der Waals surface area (Å²) in [5.74, 6) is -1.02. The summed E-state index contributed by atoms with van der Waals surface area (Å²) in [5, 5.41) is 2.62. The molecule has 12 heteroatoms. The lowest BCUT2D eigenvalue weighted by atomic mass is 10.1. The number of rotatable bonds is 9. The normalized spacial score (nSPS) is 15.6. The van der Waals surface area contributed by atoms with Gasteiger partial charge in [-0.3, -0.25) is 9.10 Å². The lowest BCUT2D eigenvalue weighted by molar-refractivity contribution is -0.117. The van der Waals surface area contributed by atoms with Gasteiger partial charge in [0.15, 0.2) is 0 Å². The van der Waals surface area contributed by atoms with E-state index in [1.165, 1.54) is 41.7 Å². The van der Waals surface area contributed by atoms with Crippen molar-refractivity contribution in [1.82, 2.24) is 4.31 Å². The molecule has 9 nitrogen and oxygen atoms in total. The van der Waals surface area contributed by atoms with Crippen LogP contribution in [0.4, 0.5) is 15.8 Å². The van der Waals surface area contributed by atoms with Gasteiger partial charge in [0.05, 0.1) is 29.6 Å². The van der Waals surface area contributed by atoms with Crippen LogP contribution in [0.1, 0.15) is 26.2 Å². The number of ether oxygens (including phenoxy) is 1. The molecule has 1 fully saturated rings. The lowest BCUT2D eigenvalue weighted by Crippen LogP contribution is -2.47. The third-order valence-electron chi connectivity index (χ3n) is 5.54. The Labute approximate surface area is 199 Å². The van der Waals surface area contributed by atoms with Crippen molar-refractivity contribution in [3.05, 3.63) is 48.3 Å². The number of carbonyl (C=O) groups is 1. The number of sulfonamides is 2. The fourth-order valence-electron chi connectivity index (χ4n) is 3.89. The van der Waals surface area contributed by atoms with Crippen LogP contribution in [0.2, 0.25) is 0 Å². The van der Waals surface area contributed by atoms with Crippen LogP contribution in [-0.4, -0.2) is 59.5 Å². The molecular formula is C22H28FN3O6S2. The van der Waals surface area contributed by atoms with Gasteiger partial charge in [-0.15, -0.1) is 0 Å². The van der Waals surface area contributed by atoms with Gasteiger partial charge in [0, 0.05) is 13.1 Å². The Morgan fingerprint density at radius 2 is 1.74 bits per heavy atom. The number of hydrogen-bond acceptors (Lipinski definition) is 6. The van der Waals surface area contributed by atoms with Crippen molar-refractivity contribution < 1.29 is 30.8 Å². The van der Waals surface area contributed by atoms with Crippen LogP contribution in [-0.2, 0) is 24.8 Å². The summed E-state index contributed by atoms with van der Waals surface area (Å²) in [4.78, 5) is 13.2. The summed E-state index contributed by atoms with van der Waals surface area (Å²) < 4.78 is 72.1. The molecule has 2 aromatic carbocycles. The van der Waals surface area contributed by atoms with Gasteiger partial charge in [-0.05, 0) is 61.7 Å². The SMILES string of the molecule is CCC(C(=O)Nc1cc(S(=O)(=O)N2CCCC2)ccc1OC)N(c1ccc(F)cc1)S(C)(=O)=O. The third kappa shape index (κ3) is 5.50. The molecule has 0 aliphatic carbocycles. The first-order valence-electron chi connectivity index (χ1n) is 10.7. The van der Waals surface area contributed by atoms with Crippen LogP contribution in [0.5, 0.6) is 5.75 Å². The average Bonchev–Trinajstić information content (AvgIpc) is 3.33. The first-order valence-corrected chi connectivity index (χ1v) is 14.0. The van der Waals surface area contributed by atoms with Gasteiger partial charge >= 0.3 is 0 Å². The minimum Gasteiger partial charge on any atom is -0.495 e. The number of nitrogens with one attached hydrogen (secondary N) is 1. The van der Waals surface area contributed by atoms with E-state index in [4.69, 9.17) is 4.74 Å². The summed E-state index contributed by atoms with van der Waals surface area (Å²) in [5.41, 5.74) is 0.224. The minimum atomic E-state index is -3.92. The maximum Gasteiger partial charge on any atom is 0.248 e. The van der Waals surface area contributed by atoms with Crippen molar-refractivity contribution in [1.29, 1.82) is 0 Å². The molecular weight excluding hydrogens is 485 g/mol. The monoisotopic (exact) mass is 513 g/mol. The fourth-order valence-corrected chi connectivity index (χ4v) is 6.64. The number of methoxy groups -OCH3 is 1. The van der Waals surface area contributed by atoms with Crippen LogP contribution in [0.3, 0.4) is 0 Å². The lowest BCUT2D eigenvalue weighted by Gasteiger charge is -2.30. The van der Waals surface area contributed by atoms with Crippen LogP contribution < -0.4 is 14.4 Å². The Kier molecular flexibility index (Phi) is 7.84. The largest absolute Gasteiger partial charge is 0.495 e. The summed E-state index contributed by atoms with van der Waals surface area (Å²) in [6.45, 7) is 2.49. The molecule has 0 spiro atoms. The molecule has 34 heavy (non-hydrogen) atoms. The van der Waals surface area contributed by atoms with Crippen molar-refractivity contribution in [2.45, 2.75) is 37.1 Å². The molecule has 1 unspecified atom stereocenters. The molecule has 1 amide bonds. The summed E-state index contributed by atoms with van der Waals surface area (Å²) >= 11 is 0. The van der Waals surface area contributed by atoms with E-state index in [-0.39, 0.29) is 28.4 Å². The first kappa shape index (κ1) is 25.9. The van der Waals surface area contributed by atoms with E-state index in [0.29, 0.717) is 13.1 Å². The molecule has 0 saturated carbocycles. The topological polar surface area (TPSA) is 113 Å². The fraction of sp³-hybridized carbons (Fsp3) is 0.409. The zero-order valence-corrected chi connectivity index (χ0v) is 20.8. The Bertz CT molecular complexity index is 1240. The van der Waals surface area contributed by atoms with Crippen molar-refractivity contribution in [2.24, 2.45) is 0 Å². The van der Waals surface area contributed by atoms with Gasteiger partial charge in [-0.2, -0.15) is 4.31 Å². The zero-order valence-electron chi connectivity index (χ0n) is 19.2. The van der Waals surface area contributed by atoms with Crippen molar-refractivity contribution >= 4 is 37.3 Å². The van der Waals surface area contributed by atoms with Crippen molar-refractivity contribution in [3.63, 3.8) is 0 Å². The summed E-state index contributed by atoms with van der Waals surface area (Å²) in [6.07, 6.45) is 2.62. The molecule has 0 aromatic heterocycles. The summed E-state index contributed by atoms with van der Waals surface area (Å²) in [6, 6.07) is 7.73. The highest BCUT2D eigenvalue weighted by Crippen LogP contribution is 2.31. The molecule has 0 bridgehead atoms. The average molecular weight is 514 g/mol. The van der Waals surface area contributed by atoms with Crippen molar-refractivity contribution in [2.75, 3.05) is 36.1 Å². The second kappa shape index (κ2) is 10.3. The zero-order chi connectivity index (χ0) is 25.1. The molecule has 1 atom stereocenters. The van der Waals surface area contributed by atoms with E-state index in [0.717, 1.165) is 35.5 Å². The van der Waals surface area contributed by atoms with Crippen LogP contribution in [0.15, 0.2) is 47.4 Å². The molecule has 1 saturated heterocycles. The highest BCUT2D eigenvalue weighted by Gasteiger charge is 2.33. The second-order valence-corrected chi connectivity index (χ2v) is 11.7. The number of hydrogen-bond donors (Lipinski definition) is 1. The third-order valence-corrected chi connectivity index (χ3v) is 8.62. The Hall–Kier alpha value is -2.70. The van der Waals surface area contributed by atoms with Gasteiger partial charge < -0.3 is 10.1 Å². The molecule has 0 radical (unpaired) electrons. The van der Waals surface area contributed by atoms with E-state index in [1.54, 1.807) is 6.92 Å². The number of nitrogens with zero attached hydrogens (tertiary/aromatic N) is 2. The predicted molar refractivity (Wildman–Crippen MR) is 127 cm³/mol. The van der Waals surface area contributed by atoms with Crippen molar-refractivity contribution in [3.8, 4) is 5.75 Å². The molecule has 186 valence electrons. The summed E-state index contributed by atoms with van der Waals surface area (Å²) in [7, 11) is -6.30. The number of carbonyl (C=O) groups excluding carboxylic acids is 1. The van der Waals surface area contributed by atoms with Gasteiger partial charge in [0.2, 0.25) is 26.0 Å². The Morgan fingerprint density at radius 1 is 1.12 bits per heavy atom. The standard InChI is InChI=1S/C22H28FN3O6S2/c1-4-20(26(33(3,28)29)17-9-7-16(23)8-10-17)22(27)24-19-15-18(11-12-21(19)32-2)34(30,31)25-13-5-6-14-25/h7-12,15,20H,4-6,13-14H2,1-3H3,(H,24,27). The molecule has 1 N–H and O–H groups in total. The number of amides is 1. The van der Waals surface area contributed by atoms with Crippen LogP contribution >= 0.6 is 0 Å². The molecule has 1 heterocycles. The molecule has 3 rings (SSSR count).